The highest BCUT2D eigenvalue weighted by molar-refractivity contribution is 5.78. The molecule has 4 nitrogen and oxygen atoms in total. The van der Waals surface area contributed by atoms with Crippen molar-refractivity contribution in [2.75, 3.05) is 39.3 Å². The summed E-state index contributed by atoms with van der Waals surface area (Å²) in [5, 5.41) is 3.32. The molecule has 0 aromatic carbocycles. The minimum absolute atomic E-state index is 0.221. The number of likely N-dealkylation sites (N-methyl/N-ethyl adjacent to an activating group) is 1. The molecule has 1 amide bonds. The highest BCUT2D eigenvalue weighted by Crippen LogP contribution is 2.17. The van der Waals surface area contributed by atoms with E-state index in [1.54, 1.807) is 0 Å². The van der Waals surface area contributed by atoms with Gasteiger partial charge in [0.05, 0.1) is 6.54 Å². The predicted octanol–water partition coefficient (Wildman–Crippen LogP) is 1.17. The smallest absolute Gasteiger partial charge is 0.236 e. The van der Waals surface area contributed by atoms with Gasteiger partial charge in [-0.05, 0) is 53.1 Å². The molecule has 1 saturated heterocycles. The van der Waals surface area contributed by atoms with Crippen LogP contribution in [0.5, 0.6) is 0 Å². The van der Waals surface area contributed by atoms with Crippen LogP contribution in [0.25, 0.3) is 0 Å². The third kappa shape index (κ3) is 4.58. The maximum atomic E-state index is 11.8. The van der Waals surface area contributed by atoms with Crippen molar-refractivity contribution >= 4 is 5.91 Å². The molecule has 4 heteroatoms. The van der Waals surface area contributed by atoms with Crippen molar-refractivity contribution in [3.8, 4) is 0 Å². The maximum Gasteiger partial charge on any atom is 0.236 e. The summed E-state index contributed by atoms with van der Waals surface area (Å²) >= 11 is 0. The molecule has 0 aromatic rings. The van der Waals surface area contributed by atoms with Gasteiger partial charge in [0.25, 0.3) is 0 Å². The molecule has 0 spiro atoms. The van der Waals surface area contributed by atoms with E-state index < -0.39 is 0 Å². The van der Waals surface area contributed by atoms with Crippen LogP contribution >= 0.6 is 0 Å². The molecule has 0 radical (unpaired) electrons. The van der Waals surface area contributed by atoms with E-state index in [0.717, 1.165) is 19.6 Å². The molecule has 0 bridgehead atoms. The third-order valence-electron chi connectivity index (χ3n) is 3.87. The summed E-state index contributed by atoms with van der Waals surface area (Å²) < 4.78 is 0. The number of hydrogen-bond acceptors (Lipinski definition) is 3. The second-order valence-corrected chi connectivity index (χ2v) is 5.44. The SMILES string of the molecule is CCN(CC)C(=O)CNCC1CCN(C(C)C)C1. The van der Waals surface area contributed by atoms with E-state index in [4.69, 9.17) is 0 Å². The number of amides is 1. The van der Waals surface area contributed by atoms with Crippen molar-refractivity contribution in [3.63, 3.8) is 0 Å². The quantitative estimate of drug-likeness (QED) is 0.742. The summed E-state index contributed by atoms with van der Waals surface area (Å²) in [7, 11) is 0. The molecule has 1 aliphatic heterocycles. The molecule has 1 atom stereocenters. The topological polar surface area (TPSA) is 35.6 Å². The molecule has 0 aliphatic carbocycles. The van der Waals surface area contributed by atoms with E-state index in [1.165, 1.54) is 19.5 Å². The van der Waals surface area contributed by atoms with Crippen LogP contribution < -0.4 is 5.32 Å². The number of carbonyl (C=O) groups is 1. The second kappa shape index (κ2) is 7.74. The first-order chi connectivity index (χ1) is 8.58. The third-order valence-corrected chi connectivity index (χ3v) is 3.87. The van der Waals surface area contributed by atoms with Crippen molar-refractivity contribution in [3.05, 3.63) is 0 Å². The van der Waals surface area contributed by atoms with Crippen LogP contribution in [0.1, 0.15) is 34.1 Å². The number of carbonyl (C=O) groups excluding carboxylic acids is 1. The number of nitrogens with one attached hydrogen (secondary N) is 1. The van der Waals surface area contributed by atoms with Crippen molar-refractivity contribution in [1.29, 1.82) is 0 Å². The molecular formula is C14H29N3O. The van der Waals surface area contributed by atoms with Gasteiger partial charge in [-0.3, -0.25) is 4.79 Å². The molecule has 0 aromatic heterocycles. The summed E-state index contributed by atoms with van der Waals surface area (Å²) in [5.74, 6) is 0.926. The Morgan fingerprint density at radius 3 is 2.56 bits per heavy atom. The summed E-state index contributed by atoms with van der Waals surface area (Å²) in [6.45, 7) is 14.0. The standard InChI is InChI=1S/C14H29N3O/c1-5-16(6-2)14(18)10-15-9-13-7-8-17(11-13)12(3)4/h12-13,15H,5-11H2,1-4H3. The Bertz CT molecular complexity index is 251. The van der Waals surface area contributed by atoms with Crippen LogP contribution in [0.15, 0.2) is 0 Å². The Kier molecular flexibility index (Phi) is 6.65. The molecule has 106 valence electrons. The molecule has 1 heterocycles. The molecule has 1 fully saturated rings. The molecule has 0 saturated carbocycles. The van der Waals surface area contributed by atoms with Crippen LogP contribution in [-0.2, 0) is 4.79 Å². The van der Waals surface area contributed by atoms with Crippen LogP contribution in [0.3, 0.4) is 0 Å². The van der Waals surface area contributed by atoms with Gasteiger partial charge in [0.2, 0.25) is 5.91 Å². The zero-order chi connectivity index (χ0) is 13.5. The zero-order valence-corrected chi connectivity index (χ0v) is 12.4. The van der Waals surface area contributed by atoms with E-state index in [9.17, 15) is 4.79 Å². The fourth-order valence-corrected chi connectivity index (χ4v) is 2.57. The lowest BCUT2D eigenvalue weighted by molar-refractivity contribution is -0.129. The Hall–Kier alpha value is -0.610. The maximum absolute atomic E-state index is 11.8. The lowest BCUT2D eigenvalue weighted by atomic mass is 10.1. The minimum atomic E-state index is 0.221. The van der Waals surface area contributed by atoms with E-state index in [2.05, 4.69) is 24.1 Å². The molecule has 1 N–H and O–H groups in total. The number of nitrogens with zero attached hydrogens (tertiary/aromatic N) is 2. The number of likely N-dealkylation sites (tertiary alicyclic amines) is 1. The van der Waals surface area contributed by atoms with Crippen molar-refractivity contribution in [1.82, 2.24) is 15.1 Å². The molecule has 1 aliphatic rings. The average molecular weight is 255 g/mol. The molecular weight excluding hydrogens is 226 g/mol. The van der Waals surface area contributed by atoms with Crippen molar-refractivity contribution in [2.45, 2.75) is 40.2 Å². The predicted molar refractivity (Wildman–Crippen MR) is 75.6 cm³/mol. The lowest BCUT2D eigenvalue weighted by Gasteiger charge is -2.21. The van der Waals surface area contributed by atoms with Crippen LogP contribution in [-0.4, -0.2) is 61.0 Å². The van der Waals surface area contributed by atoms with Crippen molar-refractivity contribution < 1.29 is 4.79 Å². The van der Waals surface area contributed by atoms with E-state index in [1.807, 2.05) is 18.7 Å². The Balaban J connectivity index is 2.17. The summed E-state index contributed by atoms with van der Waals surface area (Å²) in [5.41, 5.74) is 0. The van der Waals surface area contributed by atoms with Gasteiger partial charge < -0.3 is 15.1 Å². The number of hydrogen-bond donors (Lipinski definition) is 1. The fraction of sp³-hybridized carbons (Fsp3) is 0.929. The normalized spacial score (nSPS) is 20.6. The fourth-order valence-electron chi connectivity index (χ4n) is 2.57. The Labute approximate surface area is 112 Å². The summed E-state index contributed by atoms with van der Waals surface area (Å²) in [6, 6.07) is 0.646. The molecule has 18 heavy (non-hydrogen) atoms. The zero-order valence-electron chi connectivity index (χ0n) is 12.4. The van der Waals surface area contributed by atoms with Gasteiger partial charge >= 0.3 is 0 Å². The van der Waals surface area contributed by atoms with E-state index in [-0.39, 0.29) is 5.91 Å². The van der Waals surface area contributed by atoms with Gasteiger partial charge in [-0.15, -0.1) is 0 Å². The lowest BCUT2D eigenvalue weighted by Crippen LogP contribution is -2.39. The monoisotopic (exact) mass is 255 g/mol. The van der Waals surface area contributed by atoms with E-state index in [0.29, 0.717) is 18.5 Å². The average Bonchev–Trinajstić information content (AvgIpc) is 2.79. The first kappa shape index (κ1) is 15.4. The number of rotatable bonds is 7. The largest absolute Gasteiger partial charge is 0.342 e. The van der Waals surface area contributed by atoms with Gasteiger partial charge in [-0.2, -0.15) is 0 Å². The van der Waals surface area contributed by atoms with Crippen LogP contribution in [0.2, 0.25) is 0 Å². The summed E-state index contributed by atoms with van der Waals surface area (Å²) in [4.78, 5) is 16.2. The first-order valence-electron chi connectivity index (χ1n) is 7.31. The molecule has 1 rings (SSSR count). The highest BCUT2D eigenvalue weighted by atomic mass is 16.2. The van der Waals surface area contributed by atoms with Gasteiger partial charge in [0.1, 0.15) is 0 Å². The minimum Gasteiger partial charge on any atom is -0.342 e. The van der Waals surface area contributed by atoms with Gasteiger partial charge in [0.15, 0.2) is 0 Å². The highest BCUT2D eigenvalue weighted by Gasteiger charge is 2.23. The Morgan fingerprint density at radius 2 is 2.06 bits per heavy atom. The Morgan fingerprint density at radius 1 is 1.39 bits per heavy atom. The first-order valence-corrected chi connectivity index (χ1v) is 7.31. The van der Waals surface area contributed by atoms with Gasteiger partial charge in [-0.1, -0.05) is 0 Å². The second-order valence-electron chi connectivity index (χ2n) is 5.44. The van der Waals surface area contributed by atoms with Crippen molar-refractivity contribution in [2.24, 2.45) is 5.92 Å². The van der Waals surface area contributed by atoms with Crippen LogP contribution in [0.4, 0.5) is 0 Å². The van der Waals surface area contributed by atoms with E-state index >= 15 is 0 Å². The summed E-state index contributed by atoms with van der Waals surface area (Å²) in [6.07, 6.45) is 1.25. The van der Waals surface area contributed by atoms with Crippen LogP contribution in [0, 0.1) is 5.92 Å². The molecule has 1 unspecified atom stereocenters. The van der Waals surface area contributed by atoms with Gasteiger partial charge in [0, 0.05) is 25.7 Å². The van der Waals surface area contributed by atoms with Gasteiger partial charge in [-0.25, -0.2) is 0 Å².